The summed E-state index contributed by atoms with van der Waals surface area (Å²) in [5, 5.41) is 13.9. The SMILES string of the molecule is CC[C@H](CO)NC(=O)C(=O)NC[C@@H]1CCCO1. The third-order valence-electron chi connectivity index (χ3n) is 2.77. The van der Waals surface area contributed by atoms with Gasteiger partial charge in [-0.05, 0) is 19.3 Å². The van der Waals surface area contributed by atoms with E-state index in [0.717, 1.165) is 19.4 Å². The second-order valence-electron chi connectivity index (χ2n) is 4.11. The van der Waals surface area contributed by atoms with Crippen molar-refractivity contribution in [2.45, 2.75) is 38.3 Å². The predicted octanol–water partition coefficient (Wildman–Crippen LogP) is -0.831. The van der Waals surface area contributed by atoms with Crippen LogP contribution in [-0.4, -0.2) is 48.8 Å². The van der Waals surface area contributed by atoms with Crippen LogP contribution in [-0.2, 0) is 14.3 Å². The molecular formula is C11H20N2O4. The van der Waals surface area contributed by atoms with Crippen LogP contribution in [0.25, 0.3) is 0 Å². The molecule has 2 amide bonds. The number of aliphatic hydroxyl groups excluding tert-OH is 1. The molecule has 6 heteroatoms. The molecule has 1 aliphatic rings. The van der Waals surface area contributed by atoms with Gasteiger partial charge in [0, 0.05) is 13.2 Å². The second-order valence-corrected chi connectivity index (χ2v) is 4.11. The molecule has 0 radical (unpaired) electrons. The van der Waals surface area contributed by atoms with Crippen molar-refractivity contribution in [3.63, 3.8) is 0 Å². The van der Waals surface area contributed by atoms with E-state index in [9.17, 15) is 9.59 Å². The second kappa shape index (κ2) is 7.24. The van der Waals surface area contributed by atoms with Gasteiger partial charge in [-0.15, -0.1) is 0 Å². The van der Waals surface area contributed by atoms with Crippen molar-refractivity contribution in [3.05, 3.63) is 0 Å². The van der Waals surface area contributed by atoms with Gasteiger partial charge in [-0.2, -0.15) is 0 Å². The van der Waals surface area contributed by atoms with E-state index < -0.39 is 11.8 Å². The topological polar surface area (TPSA) is 87.7 Å². The third kappa shape index (κ3) is 4.70. The lowest BCUT2D eigenvalue weighted by molar-refractivity contribution is -0.140. The first kappa shape index (κ1) is 13.9. The Labute approximate surface area is 101 Å². The quantitative estimate of drug-likeness (QED) is 0.551. The Morgan fingerprint density at radius 2 is 2.24 bits per heavy atom. The van der Waals surface area contributed by atoms with Crippen LogP contribution in [0.5, 0.6) is 0 Å². The van der Waals surface area contributed by atoms with Gasteiger partial charge in [0.15, 0.2) is 0 Å². The summed E-state index contributed by atoms with van der Waals surface area (Å²) in [4.78, 5) is 22.8. The molecule has 1 rings (SSSR count). The molecule has 0 spiro atoms. The third-order valence-corrected chi connectivity index (χ3v) is 2.77. The van der Waals surface area contributed by atoms with Gasteiger partial charge in [-0.25, -0.2) is 0 Å². The number of nitrogens with one attached hydrogen (secondary N) is 2. The maximum Gasteiger partial charge on any atom is 0.309 e. The molecule has 0 aliphatic carbocycles. The summed E-state index contributed by atoms with van der Waals surface area (Å²) in [6.07, 6.45) is 2.51. The highest BCUT2D eigenvalue weighted by atomic mass is 16.5. The van der Waals surface area contributed by atoms with E-state index >= 15 is 0 Å². The van der Waals surface area contributed by atoms with E-state index in [-0.39, 0.29) is 18.8 Å². The molecule has 0 aromatic rings. The summed E-state index contributed by atoms with van der Waals surface area (Å²) in [7, 11) is 0. The van der Waals surface area contributed by atoms with Gasteiger partial charge in [0.2, 0.25) is 0 Å². The maximum absolute atomic E-state index is 11.4. The first-order valence-corrected chi connectivity index (χ1v) is 5.98. The fourth-order valence-electron chi connectivity index (χ4n) is 1.62. The molecule has 2 atom stereocenters. The Morgan fingerprint density at radius 1 is 1.47 bits per heavy atom. The van der Waals surface area contributed by atoms with E-state index in [2.05, 4.69) is 10.6 Å². The van der Waals surface area contributed by atoms with Crippen LogP contribution in [0.4, 0.5) is 0 Å². The molecule has 0 aromatic heterocycles. The Balaban J connectivity index is 2.23. The minimum absolute atomic E-state index is 0.0200. The molecule has 1 aliphatic heterocycles. The van der Waals surface area contributed by atoms with Crippen LogP contribution >= 0.6 is 0 Å². The van der Waals surface area contributed by atoms with E-state index in [1.165, 1.54) is 0 Å². The number of amides is 2. The molecule has 0 saturated carbocycles. The van der Waals surface area contributed by atoms with Gasteiger partial charge in [-0.1, -0.05) is 6.92 Å². The molecule has 3 N–H and O–H groups in total. The molecule has 1 heterocycles. The molecule has 17 heavy (non-hydrogen) atoms. The largest absolute Gasteiger partial charge is 0.394 e. The molecule has 1 fully saturated rings. The minimum Gasteiger partial charge on any atom is -0.394 e. The molecule has 1 saturated heterocycles. The van der Waals surface area contributed by atoms with Gasteiger partial charge in [0.05, 0.1) is 18.8 Å². The van der Waals surface area contributed by atoms with Crippen LogP contribution in [0.2, 0.25) is 0 Å². The first-order chi connectivity index (χ1) is 8.17. The van der Waals surface area contributed by atoms with Crippen LogP contribution < -0.4 is 10.6 Å². The zero-order valence-electron chi connectivity index (χ0n) is 10.1. The number of hydrogen-bond acceptors (Lipinski definition) is 4. The van der Waals surface area contributed by atoms with Crippen LogP contribution in [0.15, 0.2) is 0 Å². The van der Waals surface area contributed by atoms with E-state index in [4.69, 9.17) is 9.84 Å². The van der Waals surface area contributed by atoms with Crippen LogP contribution in [0.1, 0.15) is 26.2 Å². The van der Waals surface area contributed by atoms with Crippen molar-refractivity contribution in [3.8, 4) is 0 Å². The van der Waals surface area contributed by atoms with Crippen molar-refractivity contribution in [1.82, 2.24) is 10.6 Å². The number of carbonyl (C=O) groups is 2. The van der Waals surface area contributed by atoms with Crippen LogP contribution in [0, 0.1) is 0 Å². The van der Waals surface area contributed by atoms with Crippen molar-refractivity contribution >= 4 is 11.8 Å². The Bertz CT molecular complexity index is 260. The number of ether oxygens (including phenoxy) is 1. The van der Waals surface area contributed by atoms with E-state index in [1.54, 1.807) is 0 Å². The highest BCUT2D eigenvalue weighted by Gasteiger charge is 2.20. The van der Waals surface area contributed by atoms with Crippen LogP contribution in [0.3, 0.4) is 0 Å². The summed E-state index contributed by atoms with van der Waals surface area (Å²) >= 11 is 0. The highest BCUT2D eigenvalue weighted by Crippen LogP contribution is 2.10. The number of carbonyl (C=O) groups excluding carboxylic acids is 2. The Morgan fingerprint density at radius 3 is 2.76 bits per heavy atom. The summed E-state index contributed by atoms with van der Waals surface area (Å²) in [5.74, 6) is -1.38. The average Bonchev–Trinajstić information content (AvgIpc) is 2.85. The van der Waals surface area contributed by atoms with Gasteiger partial charge in [0.1, 0.15) is 0 Å². The smallest absolute Gasteiger partial charge is 0.309 e. The fourth-order valence-corrected chi connectivity index (χ4v) is 1.62. The summed E-state index contributed by atoms with van der Waals surface area (Å²) in [6, 6.07) is -0.365. The maximum atomic E-state index is 11.4. The molecule has 0 unspecified atom stereocenters. The lowest BCUT2D eigenvalue weighted by atomic mass is 10.2. The normalized spacial score (nSPS) is 20.9. The summed E-state index contributed by atoms with van der Waals surface area (Å²) in [5.41, 5.74) is 0. The van der Waals surface area contributed by atoms with Gasteiger partial charge >= 0.3 is 11.8 Å². The highest BCUT2D eigenvalue weighted by molar-refractivity contribution is 6.35. The molecule has 0 bridgehead atoms. The first-order valence-electron chi connectivity index (χ1n) is 5.98. The van der Waals surface area contributed by atoms with Crippen molar-refractivity contribution in [1.29, 1.82) is 0 Å². The predicted molar refractivity (Wildman–Crippen MR) is 61.3 cm³/mol. The van der Waals surface area contributed by atoms with Gasteiger partial charge in [0.25, 0.3) is 0 Å². The number of aliphatic hydroxyl groups is 1. The van der Waals surface area contributed by atoms with E-state index in [0.29, 0.717) is 13.0 Å². The molecule has 0 aromatic carbocycles. The average molecular weight is 244 g/mol. The van der Waals surface area contributed by atoms with E-state index in [1.807, 2.05) is 6.92 Å². The Kier molecular flexibility index (Phi) is 5.93. The van der Waals surface area contributed by atoms with Gasteiger partial charge in [-0.3, -0.25) is 9.59 Å². The van der Waals surface area contributed by atoms with Crippen molar-refractivity contribution < 1.29 is 19.4 Å². The summed E-state index contributed by atoms with van der Waals surface area (Å²) < 4.78 is 5.32. The minimum atomic E-state index is -0.705. The monoisotopic (exact) mass is 244 g/mol. The lowest BCUT2D eigenvalue weighted by Crippen LogP contribution is -2.47. The molecular weight excluding hydrogens is 224 g/mol. The van der Waals surface area contributed by atoms with Crippen molar-refractivity contribution in [2.75, 3.05) is 19.8 Å². The van der Waals surface area contributed by atoms with Gasteiger partial charge < -0.3 is 20.5 Å². The zero-order valence-corrected chi connectivity index (χ0v) is 10.1. The standard InChI is InChI=1S/C11H20N2O4/c1-2-8(7-14)13-11(16)10(15)12-6-9-4-3-5-17-9/h8-9,14H,2-7H2,1H3,(H,12,15)(H,13,16)/t8-,9+/m1/s1. The Hall–Kier alpha value is -1.14. The number of rotatable bonds is 5. The van der Waals surface area contributed by atoms with Crippen molar-refractivity contribution in [2.24, 2.45) is 0 Å². The zero-order chi connectivity index (χ0) is 12.7. The lowest BCUT2D eigenvalue weighted by Gasteiger charge is -2.14. The summed E-state index contributed by atoms with van der Waals surface area (Å²) in [6.45, 7) is 2.74. The number of hydrogen-bond donors (Lipinski definition) is 3. The molecule has 98 valence electrons. The molecule has 6 nitrogen and oxygen atoms in total. The fraction of sp³-hybridized carbons (Fsp3) is 0.818.